The lowest BCUT2D eigenvalue weighted by Crippen LogP contribution is -2.31. The summed E-state index contributed by atoms with van der Waals surface area (Å²) in [6, 6.07) is 8.45. The van der Waals surface area contributed by atoms with Gasteiger partial charge < -0.3 is 5.73 Å². The fourth-order valence-corrected chi connectivity index (χ4v) is 1.45. The number of nitrogens with two attached hydrogens (primary N) is 1. The number of rotatable bonds is 4. The van der Waals surface area contributed by atoms with E-state index in [1.807, 2.05) is 19.2 Å². The van der Waals surface area contributed by atoms with Gasteiger partial charge in [-0.3, -0.25) is 4.90 Å². The number of hydrogen-bond donors (Lipinski definition) is 1. The largest absolute Gasteiger partial charge is 0.399 e. The number of benzene rings is 1. The Kier molecular flexibility index (Phi) is 4.20. The van der Waals surface area contributed by atoms with Gasteiger partial charge in [-0.05, 0) is 38.1 Å². The maximum absolute atomic E-state index is 5.63. The summed E-state index contributed by atoms with van der Waals surface area (Å²) < 4.78 is 0. The summed E-state index contributed by atoms with van der Waals surface area (Å²) in [6.45, 7) is 2.86. The quantitative estimate of drug-likeness (QED) is 0.595. The van der Waals surface area contributed by atoms with Crippen LogP contribution in [0.2, 0.25) is 0 Å². The van der Waals surface area contributed by atoms with E-state index in [4.69, 9.17) is 12.2 Å². The van der Waals surface area contributed by atoms with E-state index in [2.05, 4.69) is 29.9 Å². The molecule has 0 fully saturated rings. The van der Waals surface area contributed by atoms with Crippen LogP contribution in [0.15, 0.2) is 24.3 Å². The summed E-state index contributed by atoms with van der Waals surface area (Å²) in [7, 11) is 2.04. The summed E-state index contributed by atoms with van der Waals surface area (Å²) in [4.78, 5) is 2.16. The predicted octanol–water partition coefficient (Wildman–Crippen LogP) is 1.76. The second-order valence-corrected chi connectivity index (χ2v) is 3.91. The molecule has 1 atom stereocenters. The van der Waals surface area contributed by atoms with Gasteiger partial charge in [0, 0.05) is 11.7 Å². The van der Waals surface area contributed by atoms with E-state index in [-0.39, 0.29) is 0 Å². The zero-order valence-electron chi connectivity index (χ0n) is 9.40. The van der Waals surface area contributed by atoms with Gasteiger partial charge in [0.2, 0.25) is 0 Å². The van der Waals surface area contributed by atoms with Crippen molar-refractivity contribution in [1.82, 2.24) is 4.90 Å². The first-order valence-electron chi connectivity index (χ1n) is 5.11. The van der Waals surface area contributed by atoms with Crippen LogP contribution in [0.5, 0.6) is 0 Å². The van der Waals surface area contributed by atoms with Crippen molar-refractivity contribution in [3.05, 3.63) is 29.8 Å². The van der Waals surface area contributed by atoms with Crippen molar-refractivity contribution in [2.75, 3.05) is 19.3 Å². The summed E-state index contributed by atoms with van der Waals surface area (Å²) in [5.41, 5.74) is 7.73. The van der Waals surface area contributed by atoms with Crippen molar-refractivity contribution in [2.45, 2.75) is 19.4 Å². The number of anilines is 1. The molecule has 1 aromatic carbocycles. The molecule has 0 aromatic heterocycles. The molecule has 2 N–H and O–H groups in total. The van der Waals surface area contributed by atoms with Crippen LogP contribution in [-0.4, -0.2) is 24.5 Å². The Balaban J connectivity index is 2.55. The number of likely N-dealkylation sites (N-methyl/N-ethyl adjacent to an activating group) is 1. The van der Waals surface area contributed by atoms with Gasteiger partial charge in [0.25, 0.3) is 0 Å². The third kappa shape index (κ3) is 3.65. The van der Waals surface area contributed by atoms with Crippen molar-refractivity contribution in [3.63, 3.8) is 0 Å². The second-order valence-electron chi connectivity index (χ2n) is 3.91. The van der Waals surface area contributed by atoms with Gasteiger partial charge in [-0.2, -0.15) is 0 Å². The van der Waals surface area contributed by atoms with Crippen LogP contribution >= 0.6 is 0 Å². The van der Waals surface area contributed by atoms with Gasteiger partial charge in [-0.1, -0.05) is 18.1 Å². The smallest absolute Gasteiger partial charge is 0.0598 e. The van der Waals surface area contributed by atoms with Crippen molar-refractivity contribution in [3.8, 4) is 12.3 Å². The molecule has 0 aliphatic rings. The van der Waals surface area contributed by atoms with Crippen LogP contribution < -0.4 is 5.73 Å². The minimum atomic E-state index is 0.449. The summed E-state index contributed by atoms with van der Waals surface area (Å²) in [5, 5.41) is 0. The molecule has 80 valence electrons. The van der Waals surface area contributed by atoms with Crippen LogP contribution in [0, 0.1) is 12.3 Å². The Hall–Kier alpha value is -1.46. The maximum Gasteiger partial charge on any atom is 0.0598 e. The van der Waals surface area contributed by atoms with Gasteiger partial charge in [-0.15, -0.1) is 6.42 Å². The predicted molar refractivity (Wildman–Crippen MR) is 65.5 cm³/mol. The Morgan fingerprint density at radius 3 is 2.53 bits per heavy atom. The number of hydrogen-bond acceptors (Lipinski definition) is 2. The first-order chi connectivity index (χ1) is 7.13. The van der Waals surface area contributed by atoms with Crippen molar-refractivity contribution in [2.24, 2.45) is 0 Å². The Labute approximate surface area is 92.1 Å². The Morgan fingerprint density at radius 1 is 1.40 bits per heavy atom. The Morgan fingerprint density at radius 2 is 2.00 bits per heavy atom. The average Bonchev–Trinajstić information content (AvgIpc) is 2.22. The number of terminal acetylenes is 1. The number of nitrogen functional groups attached to an aromatic ring is 1. The maximum atomic E-state index is 5.63. The molecule has 0 bridgehead atoms. The first-order valence-corrected chi connectivity index (χ1v) is 5.11. The first kappa shape index (κ1) is 11.6. The van der Waals surface area contributed by atoms with E-state index in [1.54, 1.807) is 0 Å². The molecule has 2 nitrogen and oxygen atoms in total. The van der Waals surface area contributed by atoms with E-state index >= 15 is 0 Å². The molecule has 0 amide bonds. The molecule has 0 aliphatic heterocycles. The normalized spacial score (nSPS) is 12.4. The highest BCUT2D eigenvalue weighted by Gasteiger charge is 2.08. The van der Waals surface area contributed by atoms with Gasteiger partial charge >= 0.3 is 0 Å². The minimum Gasteiger partial charge on any atom is -0.399 e. The monoisotopic (exact) mass is 202 g/mol. The van der Waals surface area contributed by atoms with Crippen molar-refractivity contribution >= 4 is 5.69 Å². The number of nitrogens with zero attached hydrogens (tertiary/aromatic N) is 1. The molecule has 15 heavy (non-hydrogen) atoms. The molecular formula is C13H18N2. The SMILES string of the molecule is C#CCN(C)[C@@H](C)Cc1ccc(N)cc1. The van der Waals surface area contributed by atoms with Crippen LogP contribution in [0.25, 0.3) is 0 Å². The molecule has 0 saturated carbocycles. The summed E-state index contributed by atoms with van der Waals surface area (Å²) >= 11 is 0. The lowest BCUT2D eigenvalue weighted by atomic mass is 10.1. The third-order valence-corrected chi connectivity index (χ3v) is 2.60. The molecule has 0 heterocycles. The van der Waals surface area contributed by atoms with Crippen LogP contribution in [0.4, 0.5) is 5.69 Å². The molecule has 0 saturated heterocycles. The van der Waals surface area contributed by atoms with E-state index in [9.17, 15) is 0 Å². The topological polar surface area (TPSA) is 29.3 Å². The summed E-state index contributed by atoms with van der Waals surface area (Å²) in [5.74, 6) is 2.65. The molecule has 0 aliphatic carbocycles. The fourth-order valence-electron chi connectivity index (χ4n) is 1.45. The Bertz CT molecular complexity index is 335. The zero-order valence-corrected chi connectivity index (χ0v) is 9.40. The fraction of sp³-hybridized carbons (Fsp3) is 0.385. The lowest BCUT2D eigenvalue weighted by Gasteiger charge is -2.22. The van der Waals surface area contributed by atoms with E-state index in [0.717, 1.165) is 12.1 Å². The van der Waals surface area contributed by atoms with E-state index in [0.29, 0.717) is 12.6 Å². The highest BCUT2D eigenvalue weighted by atomic mass is 15.1. The standard InChI is InChI=1S/C13H18N2/c1-4-9-15(3)11(2)10-12-5-7-13(14)8-6-12/h1,5-8,11H,9-10,14H2,2-3H3/t11-/m0/s1. The van der Waals surface area contributed by atoms with Crippen molar-refractivity contribution in [1.29, 1.82) is 0 Å². The van der Waals surface area contributed by atoms with Crippen LogP contribution in [0.3, 0.4) is 0 Å². The van der Waals surface area contributed by atoms with Gasteiger partial charge in [0.05, 0.1) is 6.54 Å². The molecule has 0 radical (unpaired) electrons. The summed E-state index contributed by atoms with van der Waals surface area (Å²) in [6.07, 6.45) is 6.27. The second kappa shape index (κ2) is 5.43. The highest BCUT2D eigenvalue weighted by Crippen LogP contribution is 2.10. The van der Waals surface area contributed by atoms with Gasteiger partial charge in [0.15, 0.2) is 0 Å². The minimum absolute atomic E-state index is 0.449. The molecule has 0 spiro atoms. The molecule has 0 unspecified atom stereocenters. The molecule has 1 aromatic rings. The average molecular weight is 202 g/mol. The van der Waals surface area contributed by atoms with E-state index in [1.165, 1.54) is 5.56 Å². The molecular weight excluding hydrogens is 184 g/mol. The highest BCUT2D eigenvalue weighted by molar-refractivity contribution is 5.39. The zero-order chi connectivity index (χ0) is 11.3. The van der Waals surface area contributed by atoms with Gasteiger partial charge in [-0.25, -0.2) is 0 Å². The third-order valence-electron chi connectivity index (χ3n) is 2.60. The lowest BCUT2D eigenvalue weighted by molar-refractivity contribution is 0.287. The molecule has 2 heteroatoms. The molecule has 1 rings (SSSR count). The van der Waals surface area contributed by atoms with Crippen LogP contribution in [0.1, 0.15) is 12.5 Å². The van der Waals surface area contributed by atoms with Crippen molar-refractivity contribution < 1.29 is 0 Å². The van der Waals surface area contributed by atoms with Gasteiger partial charge in [0.1, 0.15) is 0 Å². The van der Waals surface area contributed by atoms with Crippen LogP contribution in [-0.2, 0) is 6.42 Å². The van der Waals surface area contributed by atoms with E-state index < -0.39 is 0 Å².